The fraction of sp³-hybridized carbons (Fsp3) is 0.296. The predicted octanol–water partition coefficient (Wildman–Crippen LogP) is 3.15. The Morgan fingerprint density at radius 1 is 1.17 bits per heavy atom. The molecule has 35 heavy (non-hydrogen) atoms. The van der Waals surface area contributed by atoms with E-state index in [0.29, 0.717) is 42.2 Å². The van der Waals surface area contributed by atoms with E-state index >= 15 is 0 Å². The third kappa shape index (κ3) is 3.61. The number of hydrogen-bond donors (Lipinski definition) is 1. The van der Waals surface area contributed by atoms with Crippen LogP contribution in [0.15, 0.2) is 60.7 Å². The predicted molar refractivity (Wildman–Crippen MR) is 131 cm³/mol. The van der Waals surface area contributed by atoms with Gasteiger partial charge in [0.25, 0.3) is 17.6 Å². The lowest BCUT2D eigenvalue weighted by atomic mass is 9.81. The summed E-state index contributed by atoms with van der Waals surface area (Å²) in [5.74, 6) is -2.01. The molecule has 1 saturated heterocycles. The van der Waals surface area contributed by atoms with Crippen molar-refractivity contribution in [2.24, 2.45) is 0 Å². The number of carbonyl (C=O) groups is 3. The number of nitrogens with zero attached hydrogens (tertiary/aromatic N) is 2. The number of Topliss-reactive ketones (excluding diaryl/α,β-unsaturated/α-hetero) is 1. The molecule has 1 N–H and O–H groups in total. The molecule has 0 bridgehead atoms. The van der Waals surface area contributed by atoms with Gasteiger partial charge in [-0.05, 0) is 43.2 Å². The molecule has 0 unspecified atom stereocenters. The molecule has 8 nitrogen and oxygen atoms in total. The molecule has 0 aliphatic carbocycles. The molecule has 1 spiro atoms. The van der Waals surface area contributed by atoms with Gasteiger partial charge in [0.05, 0.1) is 5.57 Å². The lowest BCUT2D eigenvalue weighted by Crippen LogP contribution is -2.51. The fourth-order valence-corrected chi connectivity index (χ4v) is 4.89. The second-order valence-electron chi connectivity index (χ2n) is 8.53. The molecule has 2 aromatic rings. The van der Waals surface area contributed by atoms with Gasteiger partial charge >= 0.3 is 0 Å². The quantitative estimate of drug-likeness (QED) is 0.207. The Kier molecular flexibility index (Phi) is 6.49. The van der Waals surface area contributed by atoms with Crippen LogP contribution in [0.5, 0.6) is 5.75 Å². The van der Waals surface area contributed by atoms with Crippen molar-refractivity contribution in [3.8, 4) is 5.75 Å². The van der Waals surface area contributed by atoms with Crippen LogP contribution >= 0.6 is 0 Å². The summed E-state index contributed by atoms with van der Waals surface area (Å²) in [6.07, 6.45) is 2.04. The van der Waals surface area contributed by atoms with Crippen molar-refractivity contribution in [3.63, 3.8) is 0 Å². The molecular weight excluding hydrogens is 448 g/mol. The number of likely N-dealkylation sites (N-methyl/N-ethyl adjacent to an activating group) is 1. The molecule has 2 aliphatic rings. The molecule has 2 heterocycles. The number of hydrogen-bond acceptors (Lipinski definition) is 6. The minimum absolute atomic E-state index is 0.108. The van der Waals surface area contributed by atoms with Crippen molar-refractivity contribution in [2.45, 2.75) is 18.9 Å². The van der Waals surface area contributed by atoms with Crippen LogP contribution in [0.4, 0.5) is 5.69 Å². The molecule has 2 amide bonds. The number of fused-ring (bicyclic) bond motifs is 2. The number of rotatable bonds is 8. The first-order valence-electron chi connectivity index (χ1n) is 11.3. The Balaban J connectivity index is 1.95. The topological polar surface area (TPSA) is 96.4 Å². The minimum Gasteiger partial charge on any atom is -0.507 e. The number of aryl methyl sites for hydroxylation is 1. The van der Waals surface area contributed by atoms with Crippen molar-refractivity contribution in [1.82, 2.24) is 4.90 Å². The van der Waals surface area contributed by atoms with Gasteiger partial charge in [0.15, 0.2) is 5.54 Å². The number of ether oxygens (including phenoxy) is 2. The molecule has 0 aromatic heterocycles. The lowest BCUT2D eigenvalue weighted by molar-refractivity contribution is -0.143. The average molecular weight is 477 g/mol. The third-order valence-corrected chi connectivity index (χ3v) is 6.47. The molecule has 1 fully saturated rings. The van der Waals surface area contributed by atoms with Gasteiger partial charge in [-0.1, -0.05) is 30.9 Å². The Hall–Kier alpha value is -3.91. The van der Waals surface area contributed by atoms with Gasteiger partial charge in [0.1, 0.15) is 18.1 Å². The molecule has 1 atom stereocenters. The Morgan fingerprint density at radius 2 is 1.91 bits per heavy atom. The Bertz CT molecular complexity index is 1250. The van der Waals surface area contributed by atoms with Gasteiger partial charge in [-0.15, -0.1) is 0 Å². The number of anilines is 1. The zero-order valence-electron chi connectivity index (χ0n) is 20.0. The first-order valence-corrected chi connectivity index (χ1v) is 11.3. The maximum absolute atomic E-state index is 13.9. The van der Waals surface area contributed by atoms with E-state index in [1.807, 2.05) is 0 Å². The van der Waals surface area contributed by atoms with Gasteiger partial charge in [0.2, 0.25) is 0 Å². The summed E-state index contributed by atoms with van der Waals surface area (Å²) in [6, 6.07) is 11.9. The van der Waals surface area contributed by atoms with E-state index in [2.05, 4.69) is 6.58 Å². The van der Waals surface area contributed by atoms with Crippen LogP contribution in [0.25, 0.3) is 5.76 Å². The van der Waals surface area contributed by atoms with Crippen LogP contribution < -0.4 is 9.64 Å². The Labute approximate surface area is 204 Å². The number of carbonyl (C=O) groups excluding carboxylic acids is 3. The highest BCUT2D eigenvalue weighted by Crippen LogP contribution is 2.53. The van der Waals surface area contributed by atoms with Crippen LogP contribution in [0.2, 0.25) is 0 Å². The van der Waals surface area contributed by atoms with E-state index in [-0.39, 0.29) is 12.1 Å². The second kappa shape index (κ2) is 9.38. The number of aliphatic hydroxyl groups is 1. The summed E-state index contributed by atoms with van der Waals surface area (Å²) in [7, 11) is 3.14. The number of likely N-dealkylation sites (tertiary alicyclic amines) is 1. The normalized spacial score (nSPS) is 20.6. The molecular formula is C27H28N2O6. The van der Waals surface area contributed by atoms with Crippen molar-refractivity contribution < 1.29 is 29.0 Å². The monoisotopic (exact) mass is 476 g/mol. The van der Waals surface area contributed by atoms with Gasteiger partial charge in [-0.3, -0.25) is 14.4 Å². The van der Waals surface area contributed by atoms with Crippen LogP contribution in [0.1, 0.15) is 23.1 Å². The average Bonchev–Trinajstić information content (AvgIpc) is 3.21. The van der Waals surface area contributed by atoms with E-state index in [1.54, 1.807) is 69.6 Å². The van der Waals surface area contributed by atoms with Gasteiger partial charge in [-0.2, -0.15) is 0 Å². The minimum atomic E-state index is -1.76. The van der Waals surface area contributed by atoms with E-state index in [1.165, 1.54) is 9.80 Å². The zero-order chi connectivity index (χ0) is 25.3. The summed E-state index contributed by atoms with van der Waals surface area (Å²) in [5, 5.41) is 11.5. The first-order chi connectivity index (χ1) is 16.8. The fourth-order valence-electron chi connectivity index (χ4n) is 4.89. The zero-order valence-corrected chi connectivity index (χ0v) is 20.0. The highest BCUT2D eigenvalue weighted by Gasteiger charge is 2.66. The van der Waals surface area contributed by atoms with Crippen molar-refractivity contribution in [1.29, 1.82) is 0 Å². The van der Waals surface area contributed by atoms with Crippen LogP contribution in [-0.2, 0) is 24.7 Å². The maximum atomic E-state index is 13.9. The summed E-state index contributed by atoms with van der Waals surface area (Å²) in [5.41, 5.74) is 0.0844. The van der Waals surface area contributed by atoms with Crippen molar-refractivity contribution in [3.05, 3.63) is 77.4 Å². The van der Waals surface area contributed by atoms with Gasteiger partial charge in [-0.25, -0.2) is 0 Å². The lowest BCUT2D eigenvalue weighted by Gasteiger charge is -2.34. The van der Waals surface area contributed by atoms with Crippen LogP contribution in [0, 0.1) is 6.92 Å². The highest BCUT2D eigenvalue weighted by molar-refractivity contribution is 6.50. The summed E-state index contributed by atoms with van der Waals surface area (Å²) < 4.78 is 10.7. The van der Waals surface area contributed by atoms with E-state index in [9.17, 15) is 19.5 Å². The standard InChI is InChI=1S/C27H28N2O6/c1-5-14-35-21-12-11-18(16-17(21)2)23(30)22-24(31)25(32)29(13-8-15-34-4)27(22)19-9-6-7-10-20(19)28(3)26(27)33/h5-7,9-12,16,30H,1,8,13-15H2,2-4H3/t27-/m1/s1. The van der Waals surface area contributed by atoms with Gasteiger partial charge < -0.3 is 24.4 Å². The molecule has 0 radical (unpaired) electrons. The van der Waals surface area contributed by atoms with E-state index < -0.39 is 28.9 Å². The molecule has 2 aromatic carbocycles. The largest absolute Gasteiger partial charge is 0.507 e. The smallest absolute Gasteiger partial charge is 0.296 e. The number of benzene rings is 2. The molecule has 0 saturated carbocycles. The number of amides is 2. The number of ketones is 1. The number of aliphatic hydroxyl groups excluding tert-OH is 1. The molecule has 8 heteroatoms. The highest BCUT2D eigenvalue weighted by atomic mass is 16.5. The maximum Gasteiger partial charge on any atom is 0.296 e. The Morgan fingerprint density at radius 3 is 2.60 bits per heavy atom. The number of methoxy groups -OCH3 is 1. The number of para-hydroxylation sites is 1. The van der Waals surface area contributed by atoms with E-state index in [0.717, 1.165) is 5.56 Å². The van der Waals surface area contributed by atoms with Gasteiger partial charge in [0, 0.05) is 44.1 Å². The van der Waals surface area contributed by atoms with Crippen molar-refractivity contribution in [2.75, 3.05) is 38.8 Å². The molecule has 4 rings (SSSR count). The third-order valence-electron chi connectivity index (χ3n) is 6.47. The molecule has 182 valence electrons. The second-order valence-corrected chi connectivity index (χ2v) is 8.53. The van der Waals surface area contributed by atoms with E-state index in [4.69, 9.17) is 9.47 Å². The summed E-state index contributed by atoms with van der Waals surface area (Å²) in [4.78, 5) is 43.3. The summed E-state index contributed by atoms with van der Waals surface area (Å²) in [6.45, 7) is 6.21. The van der Waals surface area contributed by atoms with Crippen LogP contribution in [0.3, 0.4) is 0 Å². The molecule has 2 aliphatic heterocycles. The first kappa shape index (κ1) is 24.2. The summed E-state index contributed by atoms with van der Waals surface area (Å²) >= 11 is 0. The SMILES string of the molecule is C=CCOc1ccc(C(O)=C2C(=O)C(=O)N(CCCOC)[C@@]23C(=O)N(C)c2ccccc23)cc1C. The van der Waals surface area contributed by atoms with Crippen molar-refractivity contribution >= 4 is 29.0 Å². The van der Waals surface area contributed by atoms with Crippen LogP contribution in [-0.4, -0.2) is 61.5 Å².